The molecule has 0 bridgehead atoms. The summed E-state index contributed by atoms with van der Waals surface area (Å²) in [7, 11) is 1.63. The van der Waals surface area contributed by atoms with E-state index in [4.69, 9.17) is 4.74 Å². The maximum atomic E-state index is 12.5. The Hall–Kier alpha value is -2.41. The number of rotatable bonds is 8. The fraction of sp³-hybridized carbons (Fsp3) is 0.435. The van der Waals surface area contributed by atoms with Crippen LogP contribution < -0.4 is 10.1 Å². The molecule has 0 saturated carbocycles. The van der Waals surface area contributed by atoms with Crippen molar-refractivity contribution in [3.8, 4) is 5.75 Å². The van der Waals surface area contributed by atoms with Crippen molar-refractivity contribution >= 4 is 5.91 Å². The quantitative estimate of drug-likeness (QED) is 0.631. The molecule has 1 aliphatic heterocycles. The van der Waals surface area contributed by atoms with Gasteiger partial charge in [0.05, 0.1) is 7.11 Å². The Bertz CT molecular complexity index is 798. The number of hydrogen-bond donors (Lipinski definition) is 3. The van der Waals surface area contributed by atoms with Gasteiger partial charge in [0.1, 0.15) is 17.5 Å². The number of ether oxygens (including phenoxy) is 1. The van der Waals surface area contributed by atoms with Gasteiger partial charge in [-0.3, -0.25) is 4.79 Å². The van der Waals surface area contributed by atoms with Crippen LogP contribution in [-0.2, 0) is 17.8 Å². The minimum absolute atomic E-state index is 0.0111. The Morgan fingerprint density at radius 2 is 1.93 bits per heavy atom. The van der Waals surface area contributed by atoms with Gasteiger partial charge >= 0.3 is 0 Å². The lowest BCUT2D eigenvalue weighted by molar-refractivity contribution is -0.148. The molecule has 2 aromatic rings. The molecule has 0 unspecified atom stereocenters. The van der Waals surface area contributed by atoms with Crippen molar-refractivity contribution in [2.24, 2.45) is 0 Å². The van der Waals surface area contributed by atoms with E-state index in [1.165, 1.54) is 0 Å². The van der Waals surface area contributed by atoms with Crippen molar-refractivity contribution in [2.75, 3.05) is 26.7 Å². The number of nitrogens with zero attached hydrogens (tertiary/aromatic N) is 1. The van der Waals surface area contributed by atoms with Gasteiger partial charge in [-0.25, -0.2) is 0 Å². The number of hydrogen-bond acceptors (Lipinski definition) is 5. The van der Waals surface area contributed by atoms with E-state index in [2.05, 4.69) is 5.32 Å². The predicted molar refractivity (Wildman–Crippen MR) is 112 cm³/mol. The second kappa shape index (κ2) is 9.87. The molecule has 1 aliphatic rings. The standard InChI is InChI=1S/C23H30N2O4/c1-29-20-10-6-5-9-19(20)15-24-17-23(28)13-14-25(16-21(23)26)22(27)12-11-18-7-3-2-4-8-18/h2-10,21,24,26,28H,11-17H2,1H3/t21-,23-/m0/s1. The number of nitrogens with one attached hydrogen (secondary N) is 1. The van der Waals surface area contributed by atoms with Crippen molar-refractivity contribution in [1.29, 1.82) is 0 Å². The van der Waals surface area contributed by atoms with E-state index < -0.39 is 11.7 Å². The molecule has 1 fully saturated rings. The second-order valence-electron chi connectivity index (χ2n) is 7.61. The number of para-hydroxylation sites is 1. The Morgan fingerprint density at radius 3 is 2.66 bits per heavy atom. The van der Waals surface area contributed by atoms with Crippen LogP contribution in [-0.4, -0.2) is 59.5 Å². The summed E-state index contributed by atoms with van der Waals surface area (Å²) < 4.78 is 5.33. The van der Waals surface area contributed by atoms with Gasteiger partial charge in [0.25, 0.3) is 0 Å². The van der Waals surface area contributed by atoms with E-state index in [-0.39, 0.29) is 19.0 Å². The first-order chi connectivity index (χ1) is 14.0. The molecule has 1 heterocycles. The predicted octanol–water partition coefficient (Wildman–Crippen LogP) is 1.74. The number of aliphatic hydroxyl groups is 2. The number of aryl methyl sites for hydroxylation is 1. The molecule has 2 atom stereocenters. The van der Waals surface area contributed by atoms with Gasteiger partial charge in [0, 0.05) is 38.2 Å². The summed E-state index contributed by atoms with van der Waals surface area (Å²) in [6, 6.07) is 17.6. The third kappa shape index (κ3) is 5.56. The zero-order valence-electron chi connectivity index (χ0n) is 16.9. The molecule has 3 rings (SSSR count). The third-order valence-corrected chi connectivity index (χ3v) is 5.59. The molecule has 1 amide bonds. The lowest BCUT2D eigenvalue weighted by Crippen LogP contribution is -2.60. The topological polar surface area (TPSA) is 82.0 Å². The Kier molecular flexibility index (Phi) is 7.25. The molecule has 3 N–H and O–H groups in total. The summed E-state index contributed by atoms with van der Waals surface area (Å²) in [6.07, 6.45) is 0.435. The van der Waals surface area contributed by atoms with Crippen LogP contribution in [0, 0.1) is 0 Å². The summed E-state index contributed by atoms with van der Waals surface area (Å²) in [5.74, 6) is 0.795. The van der Waals surface area contributed by atoms with Crippen molar-refractivity contribution in [3.63, 3.8) is 0 Å². The van der Waals surface area contributed by atoms with Crippen molar-refractivity contribution in [1.82, 2.24) is 10.2 Å². The number of amides is 1. The first kappa shape index (κ1) is 21.3. The van der Waals surface area contributed by atoms with Crippen LogP contribution in [0.3, 0.4) is 0 Å². The van der Waals surface area contributed by atoms with Gasteiger partial charge in [-0.05, 0) is 24.5 Å². The van der Waals surface area contributed by atoms with Crippen LogP contribution >= 0.6 is 0 Å². The molecule has 1 saturated heterocycles. The fourth-order valence-corrected chi connectivity index (χ4v) is 3.71. The third-order valence-electron chi connectivity index (χ3n) is 5.59. The molecule has 6 heteroatoms. The van der Waals surface area contributed by atoms with E-state index in [9.17, 15) is 15.0 Å². The highest BCUT2D eigenvalue weighted by atomic mass is 16.5. The fourth-order valence-electron chi connectivity index (χ4n) is 3.71. The summed E-state index contributed by atoms with van der Waals surface area (Å²) >= 11 is 0. The number of piperidine rings is 1. The van der Waals surface area contributed by atoms with E-state index in [0.29, 0.717) is 32.4 Å². The van der Waals surface area contributed by atoms with Crippen LogP contribution in [0.15, 0.2) is 54.6 Å². The SMILES string of the molecule is COc1ccccc1CNC[C@@]1(O)CCN(C(=O)CCc2ccccc2)C[C@@H]1O. The molecule has 6 nitrogen and oxygen atoms in total. The van der Waals surface area contributed by atoms with Crippen molar-refractivity contribution in [3.05, 3.63) is 65.7 Å². The number of carbonyl (C=O) groups is 1. The first-order valence-electron chi connectivity index (χ1n) is 10.1. The van der Waals surface area contributed by atoms with E-state index in [1.807, 2.05) is 54.6 Å². The van der Waals surface area contributed by atoms with Gasteiger partial charge in [0.2, 0.25) is 5.91 Å². The second-order valence-corrected chi connectivity index (χ2v) is 7.61. The van der Waals surface area contributed by atoms with Gasteiger partial charge in [-0.15, -0.1) is 0 Å². The lowest BCUT2D eigenvalue weighted by atomic mass is 9.88. The number of benzene rings is 2. The number of aliphatic hydroxyl groups excluding tert-OH is 1. The highest BCUT2D eigenvalue weighted by Gasteiger charge is 2.41. The Balaban J connectivity index is 1.47. The van der Waals surface area contributed by atoms with Crippen LogP contribution in [0.25, 0.3) is 0 Å². The average molecular weight is 399 g/mol. The number of methoxy groups -OCH3 is 1. The normalized spacial score (nSPS) is 21.8. The Morgan fingerprint density at radius 1 is 1.21 bits per heavy atom. The minimum Gasteiger partial charge on any atom is -0.496 e. The highest BCUT2D eigenvalue weighted by molar-refractivity contribution is 5.76. The van der Waals surface area contributed by atoms with Crippen LogP contribution in [0.1, 0.15) is 24.0 Å². The highest BCUT2D eigenvalue weighted by Crippen LogP contribution is 2.24. The minimum atomic E-state index is -1.25. The summed E-state index contributed by atoms with van der Waals surface area (Å²) in [5, 5.41) is 24.6. The van der Waals surface area contributed by atoms with E-state index >= 15 is 0 Å². The zero-order chi connectivity index (χ0) is 20.7. The first-order valence-corrected chi connectivity index (χ1v) is 10.1. The summed E-state index contributed by atoms with van der Waals surface area (Å²) in [4.78, 5) is 14.2. The molecular formula is C23H30N2O4. The molecule has 0 aromatic heterocycles. The van der Waals surface area contributed by atoms with Crippen LogP contribution in [0.2, 0.25) is 0 Å². The van der Waals surface area contributed by atoms with Crippen LogP contribution in [0.4, 0.5) is 0 Å². The summed E-state index contributed by atoms with van der Waals surface area (Å²) in [5.41, 5.74) is 0.857. The lowest BCUT2D eigenvalue weighted by Gasteiger charge is -2.42. The molecule has 156 valence electrons. The van der Waals surface area contributed by atoms with Crippen molar-refractivity contribution in [2.45, 2.75) is 37.5 Å². The van der Waals surface area contributed by atoms with Gasteiger partial charge in [-0.1, -0.05) is 48.5 Å². The smallest absolute Gasteiger partial charge is 0.222 e. The molecule has 0 spiro atoms. The number of likely N-dealkylation sites (tertiary alicyclic amines) is 1. The maximum absolute atomic E-state index is 12.5. The maximum Gasteiger partial charge on any atom is 0.222 e. The molecule has 0 radical (unpaired) electrons. The summed E-state index contributed by atoms with van der Waals surface area (Å²) in [6.45, 7) is 1.37. The molecule has 29 heavy (non-hydrogen) atoms. The number of carbonyl (C=O) groups excluding carboxylic acids is 1. The molecule has 0 aliphatic carbocycles. The van der Waals surface area contributed by atoms with Gasteiger partial charge in [0.15, 0.2) is 0 Å². The molecular weight excluding hydrogens is 368 g/mol. The average Bonchev–Trinajstić information content (AvgIpc) is 2.75. The van der Waals surface area contributed by atoms with E-state index in [0.717, 1.165) is 16.9 Å². The zero-order valence-corrected chi connectivity index (χ0v) is 16.9. The van der Waals surface area contributed by atoms with Gasteiger partial charge in [-0.2, -0.15) is 0 Å². The monoisotopic (exact) mass is 398 g/mol. The van der Waals surface area contributed by atoms with Crippen molar-refractivity contribution < 1.29 is 19.7 Å². The Labute approximate surface area is 172 Å². The largest absolute Gasteiger partial charge is 0.496 e. The van der Waals surface area contributed by atoms with Crippen LogP contribution in [0.5, 0.6) is 5.75 Å². The number of β-amino-alcohol motifs (C(OH)–C–C–N with tert-alkyl or cyclic N) is 1. The molecule has 2 aromatic carbocycles. The van der Waals surface area contributed by atoms with E-state index in [1.54, 1.807) is 12.0 Å². The van der Waals surface area contributed by atoms with Gasteiger partial charge < -0.3 is 25.2 Å².